The van der Waals surface area contributed by atoms with Crippen molar-refractivity contribution in [2.45, 2.75) is 38.1 Å². The average molecular weight is 344 g/mol. The van der Waals surface area contributed by atoms with Gasteiger partial charge in [0.1, 0.15) is 5.54 Å². The number of carbonyl (C=O) groups excluding carboxylic acids is 3. The molecule has 25 heavy (non-hydrogen) atoms. The van der Waals surface area contributed by atoms with E-state index in [1.54, 1.807) is 0 Å². The molecule has 0 radical (unpaired) electrons. The summed E-state index contributed by atoms with van der Waals surface area (Å²) in [4.78, 5) is 49.3. The normalized spacial score (nSPS) is 25.7. The zero-order chi connectivity index (χ0) is 18.4. The Bertz CT molecular complexity index is 778. The van der Waals surface area contributed by atoms with Crippen LogP contribution in [-0.2, 0) is 4.79 Å². The molecule has 1 aliphatic carbocycles. The van der Waals surface area contributed by atoms with Gasteiger partial charge in [-0.2, -0.15) is 0 Å². The highest BCUT2D eigenvalue weighted by Gasteiger charge is 2.43. The molecule has 0 saturated heterocycles. The molecule has 2 aliphatic rings. The van der Waals surface area contributed by atoms with Gasteiger partial charge < -0.3 is 10.4 Å². The van der Waals surface area contributed by atoms with Crippen molar-refractivity contribution in [3.63, 3.8) is 0 Å². The molecule has 3 rings (SSSR count). The highest BCUT2D eigenvalue weighted by atomic mass is 16.4. The Labute approximate surface area is 145 Å². The summed E-state index contributed by atoms with van der Waals surface area (Å²) in [6.07, 6.45) is 2.21. The molecule has 0 unspecified atom stereocenters. The summed E-state index contributed by atoms with van der Waals surface area (Å²) in [5, 5.41) is 12.3. The number of amides is 3. The second-order valence-corrected chi connectivity index (χ2v) is 6.95. The second-order valence-electron chi connectivity index (χ2n) is 6.95. The quantitative estimate of drug-likeness (QED) is 0.812. The van der Waals surface area contributed by atoms with Gasteiger partial charge in [0.05, 0.1) is 11.1 Å². The smallest absolute Gasteiger partial charge is 0.329 e. The van der Waals surface area contributed by atoms with Crippen LogP contribution in [0, 0.1) is 5.92 Å². The Balaban J connectivity index is 1.86. The highest BCUT2D eigenvalue weighted by molar-refractivity contribution is 6.21. The van der Waals surface area contributed by atoms with Crippen molar-refractivity contribution in [3.8, 4) is 0 Å². The molecule has 1 aromatic rings. The molecule has 1 fully saturated rings. The molecule has 0 spiro atoms. The maximum absolute atomic E-state index is 12.6. The first kappa shape index (κ1) is 17.1. The molecular weight excluding hydrogens is 324 g/mol. The third-order valence-electron chi connectivity index (χ3n) is 5.24. The summed E-state index contributed by atoms with van der Waals surface area (Å²) in [5.41, 5.74) is -0.682. The Hall–Kier alpha value is -2.70. The van der Waals surface area contributed by atoms with Crippen molar-refractivity contribution >= 4 is 23.7 Å². The van der Waals surface area contributed by atoms with E-state index in [1.165, 1.54) is 25.2 Å². The third-order valence-corrected chi connectivity index (χ3v) is 5.24. The molecule has 1 heterocycles. The van der Waals surface area contributed by atoms with Crippen LogP contribution in [0.15, 0.2) is 18.2 Å². The van der Waals surface area contributed by atoms with E-state index in [0.29, 0.717) is 18.8 Å². The minimum absolute atomic E-state index is 0.168. The number of benzene rings is 1. The molecule has 0 atom stereocenters. The fourth-order valence-electron chi connectivity index (χ4n) is 3.44. The first-order valence-electron chi connectivity index (χ1n) is 8.27. The predicted molar refractivity (Wildman–Crippen MR) is 88.3 cm³/mol. The van der Waals surface area contributed by atoms with Gasteiger partial charge >= 0.3 is 5.97 Å². The fraction of sp³-hybridized carbons (Fsp3) is 0.444. The number of carboxylic acid groups (broad SMARTS) is 1. The number of carboxylic acids is 1. The number of rotatable bonds is 3. The summed E-state index contributed by atoms with van der Waals surface area (Å²) in [5.74, 6) is -2.03. The molecule has 1 aromatic carbocycles. The number of fused-ring (bicyclic) bond motifs is 1. The summed E-state index contributed by atoms with van der Waals surface area (Å²) in [6.45, 7) is 2.06. The topological polar surface area (TPSA) is 104 Å². The van der Waals surface area contributed by atoms with Gasteiger partial charge in [0.2, 0.25) is 0 Å². The van der Waals surface area contributed by atoms with Crippen LogP contribution in [0.25, 0.3) is 0 Å². The molecule has 3 amide bonds. The number of hydrogen-bond donors (Lipinski definition) is 2. The van der Waals surface area contributed by atoms with Gasteiger partial charge in [0.15, 0.2) is 0 Å². The van der Waals surface area contributed by atoms with Gasteiger partial charge in [-0.15, -0.1) is 0 Å². The number of hydrogen-bond acceptors (Lipinski definition) is 4. The van der Waals surface area contributed by atoms with Gasteiger partial charge in [0, 0.05) is 12.6 Å². The Morgan fingerprint density at radius 2 is 1.76 bits per heavy atom. The van der Waals surface area contributed by atoms with Gasteiger partial charge in [-0.05, 0) is 49.8 Å². The number of nitrogens with zero attached hydrogens (tertiary/aromatic N) is 1. The molecule has 7 nitrogen and oxygen atoms in total. The highest BCUT2D eigenvalue weighted by Crippen LogP contribution is 2.32. The van der Waals surface area contributed by atoms with Crippen LogP contribution < -0.4 is 5.32 Å². The zero-order valence-electron chi connectivity index (χ0n) is 14.2. The Morgan fingerprint density at radius 3 is 2.36 bits per heavy atom. The van der Waals surface area contributed by atoms with Crippen LogP contribution in [0.3, 0.4) is 0 Å². The number of carbonyl (C=O) groups is 4. The zero-order valence-corrected chi connectivity index (χ0v) is 14.2. The van der Waals surface area contributed by atoms with Crippen LogP contribution in [0.2, 0.25) is 0 Å². The van der Waals surface area contributed by atoms with Crippen LogP contribution in [0.5, 0.6) is 0 Å². The van der Waals surface area contributed by atoms with Crippen LogP contribution >= 0.6 is 0 Å². The van der Waals surface area contributed by atoms with Crippen LogP contribution in [0.4, 0.5) is 0 Å². The second kappa shape index (κ2) is 5.98. The number of aliphatic carboxylic acids is 1. The molecule has 1 saturated carbocycles. The summed E-state index contributed by atoms with van der Waals surface area (Å²) >= 11 is 0. The van der Waals surface area contributed by atoms with E-state index < -0.39 is 29.2 Å². The van der Waals surface area contributed by atoms with E-state index in [1.807, 2.05) is 0 Å². The minimum Gasteiger partial charge on any atom is -0.480 e. The van der Waals surface area contributed by atoms with E-state index in [4.69, 9.17) is 0 Å². The maximum Gasteiger partial charge on any atom is 0.329 e. The van der Waals surface area contributed by atoms with Crippen molar-refractivity contribution in [2.24, 2.45) is 5.92 Å². The molecule has 1 aliphatic heterocycles. The lowest BCUT2D eigenvalue weighted by atomic mass is 9.77. The van der Waals surface area contributed by atoms with Crippen molar-refractivity contribution in [3.05, 3.63) is 34.9 Å². The van der Waals surface area contributed by atoms with Gasteiger partial charge in [-0.25, -0.2) is 4.79 Å². The van der Waals surface area contributed by atoms with E-state index in [2.05, 4.69) is 12.2 Å². The first-order valence-corrected chi connectivity index (χ1v) is 8.27. The largest absolute Gasteiger partial charge is 0.480 e. The van der Waals surface area contributed by atoms with E-state index >= 15 is 0 Å². The first-order chi connectivity index (χ1) is 11.7. The lowest BCUT2D eigenvalue weighted by Crippen LogP contribution is -2.56. The van der Waals surface area contributed by atoms with Crippen LogP contribution in [-0.4, -0.2) is 46.3 Å². The number of nitrogens with one attached hydrogen (secondary N) is 1. The Morgan fingerprint density at radius 1 is 1.16 bits per heavy atom. The number of imide groups is 1. The maximum atomic E-state index is 12.6. The molecular formula is C18H20N2O5. The fourth-order valence-corrected chi connectivity index (χ4v) is 3.44. The average Bonchev–Trinajstić information content (AvgIpc) is 2.81. The van der Waals surface area contributed by atoms with Gasteiger partial charge in [0.25, 0.3) is 17.7 Å². The van der Waals surface area contributed by atoms with Crippen molar-refractivity contribution in [1.82, 2.24) is 10.2 Å². The van der Waals surface area contributed by atoms with Gasteiger partial charge in [-0.3, -0.25) is 19.3 Å². The summed E-state index contributed by atoms with van der Waals surface area (Å²) in [7, 11) is 1.38. The lowest BCUT2D eigenvalue weighted by molar-refractivity contribution is -0.146. The monoisotopic (exact) mass is 344 g/mol. The Kier molecular flexibility index (Phi) is 4.10. The van der Waals surface area contributed by atoms with E-state index in [0.717, 1.165) is 17.7 Å². The lowest BCUT2D eigenvalue weighted by Gasteiger charge is -2.36. The van der Waals surface area contributed by atoms with Crippen LogP contribution in [0.1, 0.15) is 63.7 Å². The standard InChI is InChI=1S/C18H20N2O5/c1-10-5-7-18(8-6-10,17(24)25)19-14(21)11-3-4-12-13(9-11)16(23)20(2)15(12)22/h3-4,9-10H,5-8H2,1-2H3,(H,19,21)(H,24,25). The van der Waals surface area contributed by atoms with Crippen molar-refractivity contribution in [2.75, 3.05) is 7.05 Å². The molecule has 2 N–H and O–H groups in total. The van der Waals surface area contributed by atoms with E-state index in [-0.39, 0.29) is 16.7 Å². The minimum atomic E-state index is -1.28. The van der Waals surface area contributed by atoms with Crippen molar-refractivity contribution in [1.29, 1.82) is 0 Å². The molecule has 0 bridgehead atoms. The summed E-state index contributed by atoms with van der Waals surface area (Å²) < 4.78 is 0. The summed E-state index contributed by atoms with van der Waals surface area (Å²) in [6, 6.07) is 4.24. The van der Waals surface area contributed by atoms with E-state index in [9.17, 15) is 24.3 Å². The third kappa shape index (κ3) is 2.79. The SMILES string of the molecule is CC1CCC(NC(=O)c2ccc3c(c2)C(=O)N(C)C3=O)(C(=O)O)CC1. The van der Waals surface area contributed by atoms with Gasteiger partial charge in [-0.1, -0.05) is 6.92 Å². The van der Waals surface area contributed by atoms with Crippen molar-refractivity contribution < 1.29 is 24.3 Å². The molecule has 7 heteroatoms. The predicted octanol–water partition coefficient (Wildman–Crippen LogP) is 1.68. The molecule has 0 aromatic heterocycles. The molecule has 132 valence electrons.